The van der Waals surface area contributed by atoms with Gasteiger partial charge in [0, 0.05) is 11.5 Å². The van der Waals surface area contributed by atoms with Crippen LogP contribution in [0.25, 0.3) is 26.3 Å². The first kappa shape index (κ1) is 19.3. The van der Waals surface area contributed by atoms with Crippen LogP contribution in [0.5, 0.6) is 5.75 Å². The van der Waals surface area contributed by atoms with Crippen molar-refractivity contribution in [2.75, 3.05) is 11.9 Å². The molecule has 3 aromatic heterocycles. The summed E-state index contributed by atoms with van der Waals surface area (Å²) in [5.74, 6) is 0.292. The minimum Gasteiger partial charge on any atom is -0.490 e. The molecule has 156 valence electrons. The summed E-state index contributed by atoms with van der Waals surface area (Å²) in [6.45, 7) is 4.17. The number of anilines is 1. The Morgan fingerprint density at radius 3 is 2.90 bits per heavy atom. The summed E-state index contributed by atoms with van der Waals surface area (Å²) < 4.78 is 27.6. The normalized spacial score (nSPS) is 11.3. The molecule has 0 fully saturated rings. The fourth-order valence-electron chi connectivity index (χ4n) is 3.32. The van der Waals surface area contributed by atoms with Crippen LogP contribution in [0.1, 0.15) is 23.2 Å². The zero-order chi connectivity index (χ0) is 21.5. The summed E-state index contributed by atoms with van der Waals surface area (Å²) >= 11 is 1.28. The largest absolute Gasteiger partial charge is 0.490 e. The van der Waals surface area contributed by atoms with Gasteiger partial charge in [0.1, 0.15) is 17.2 Å². The zero-order valence-electron chi connectivity index (χ0n) is 16.7. The molecular weight excluding hydrogens is 419 g/mol. The lowest BCUT2D eigenvalue weighted by atomic mass is 10.2. The van der Waals surface area contributed by atoms with E-state index in [1.165, 1.54) is 22.1 Å². The topological polar surface area (TPSA) is 82.2 Å². The van der Waals surface area contributed by atoms with Crippen LogP contribution >= 0.6 is 11.3 Å². The number of nitrogens with one attached hydrogen (secondary N) is 1. The number of aryl methyl sites for hydroxylation is 1. The van der Waals surface area contributed by atoms with E-state index in [1.54, 1.807) is 37.3 Å². The van der Waals surface area contributed by atoms with E-state index in [0.717, 1.165) is 5.39 Å². The molecule has 7 nitrogen and oxygen atoms in total. The van der Waals surface area contributed by atoms with Gasteiger partial charge >= 0.3 is 0 Å². The molecule has 0 radical (unpaired) electrons. The Morgan fingerprint density at radius 2 is 2.10 bits per heavy atom. The number of thiazole rings is 1. The quantitative estimate of drug-likeness (QED) is 0.403. The van der Waals surface area contributed by atoms with Crippen molar-refractivity contribution < 1.29 is 18.3 Å². The molecule has 0 saturated heterocycles. The average molecular weight is 436 g/mol. The first-order valence-electron chi connectivity index (χ1n) is 9.62. The van der Waals surface area contributed by atoms with Gasteiger partial charge in [-0.3, -0.25) is 4.79 Å². The number of para-hydroxylation sites is 2. The van der Waals surface area contributed by atoms with Gasteiger partial charge in [-0.25, -0.2) is 9.37 Å². The summed E-state index contributed by atoms with van der Waals surface area (Å²) in [4.78, 5) is 17.3. The predicted octanol–water partition coefficient (Wildman–Crippen LogP) is 5.33. The Morgan fingerprint density at radius 1 is 1.26 bits per heavy atom. The summed E-state index contributed by atoms with van der Waals surface area (Å²) in [6, 6.07) is 13.6. The molecule has 1 N–H and O–H groups in total. The Kier molecular flexibility index (Phi) is 4.67. The van der Waals surface area contributed by atoms with Crippen LogP contribution in [0, 0.1) is 12.7 Å². The van der Waals surface area contributed by atoms with Gasteiger partial charge in [-0.05, 0) is 38.1 Å². The van der Waals surface area contributed by atoms with Crippen LogP contribution in [0.2, 0.25) is 0 Å². The second-order valence-electron chi connectivity index (χ2n) is 6.84. The number of carbonyl (C=O) groups is 1. The summed E-state index contributed by atoms with van der Waals surface area (Å²) in [5.41, 5.74) is 1.47. The van der Waals surface area contributed by atoms with Gasteiger partial charge in [-0.1, -0.05) is 29.5 Å². The molecule has 0 aliphatic carbocycles. The van der Waals surface area contributed by atoms with Gasteiger partial charge in [0.25, 0.3) is 5.91 Å². The van der Waals surface area contributed by atoms with E-state index in [2.05, 4.69) is 15.4 Å². The second kappa shape index (κ2) is 7.51. The van der Waals surface area contributed by atoms with E-state index in [4.69, 9.17) is 9.15 Å². The smallest absolute Gasteiger partial charge is 0.292 e. The first-order chi connectivity index (χ1) is 15.0. The Bertz CT molecular complexity index is 1440. The maximum Gasteiger partial charge on any atom is 0.292 e. The van der Waals surface area contributed by atoms with Crippen molar-refractivity contribution in [2.24, 2.45) is 0 Å². The van der Waals surface area contributed by atoms with Gasteiger partial charge in [-0.15, -0.1) is 0 Å². The molecule has 1 amide bonds. The Labute approximate surface area is 180 Å². The van der Waals surface area contributed by atoms with Gasteiger partial charge in [0.2, 0.25) is 5.13 Å². The molecule has 0 aliphatic rings. The maximum absolute atomic E-state index is 14.1. The monoisotopic (exact) mass is 436 g/mol. The van der Waals surface area contributed by atoms with Gasteiger partial charge < -0.3 is 14.5 Å². The highest BCUT2D eigenvalue weighted by Crippen LogP contribution is 2.31. The van der Waals surface area contributed by atoms with Crippen molar-refractivity contribution >= 4 is 44.2 Å². The Hall–Kier alpha value is -3.72. The number of halogens is 1. The van der Waals surface area contributed by atoms with E-state index >= 15 is 0 Å². The van der Waals surface area contributed by atoms with Gasteiger partial charge in [-0.2, -0.15) is 9.78 Å². The lowest BCUT2D eigenvalue weighted by Gasteiger charge is -2.05. The minimum atomic E-state index is -0.438. The fraction of sp³-hybridized carbons (Fsp3) is 0.136. The third kappa shape index (κ3) is 3.42. The number of carbonyl (C=O) groups excluding carboxylic acids is 1. The standard InChI is InChI=1S/C22H17FN4O3S/c1-3-29-15-8-4-6-13-11-16(30-20(13)15)21(28)24-18-10-12(2)26-27(18)22-25-19-14(23)7-5-9-17(19)31-22/h4-11H,3H2,1-2H3,(H,24,28). The summed E-state index contributed by atoms with van der Waals surface area (Å²) in [7, 11) is 0. The highest BCUT2D eigenvalue weighted by molar-refractivity contribution is 7.20. The van der Waals surface area contributed by atoms with Crippen molar-refractivity contribution in [2.45, 2.75) is 13.8 Å². The molecule has 0 atom stereocenters. The highest BCUT2D eigenvalue weighted by Gasteiger charge is 2.19. The third-order valence-electron chi connectivity index (χ3n) is 4.64. The highest BCUT2D eigenvalue weighted by atomic mass is 32.1. The van der Waals surface area contributed by atoms with E-state index < -0.39 is 11.7 Å². The molecule has 0 bridgehead atoms. The lowest BCUT2D eigenvalue weighted by molar-refractivity contribution is 0.0998. The fourth-order valence-corrected chi connectivity index (χ4v) is 4.27. The number of hydrogen-bond acceptors (Lipinski definition) is 6. The van der Waals surface area contributed by atoms with Crippen LogP contribution < -0.4 is 10.1 Å². The van der Waals surface area contributed by atoms with E-state index in [-0.39, 0.29) is 11.3 Å². The molecule has 0 saturated carbocycles. The number of amides is 1. The number of fused-ring (bicyclic) bond motifs is 2. The predicted molar refractivity (Wildman–Crippen MR) is 117 cm³/mol. The van der Waals surface area contributed by atoms with Gasteiger partial charge in [0.05, 0.1) is 17.0 Å². The van der Waals surface area contributed by atoms with Crippen LogP contribution in [0.4, 0.5) is 10.2 Å². The molecular formula is C22H17FN4O3S. The third-order valence-corrected chi connectivity index (χ3v) is 5.64. The number of furan rings is 1. The molecule has 3 heterocycles. The van der Waals surface area contributed by atoms with Crippen molar-refractivity contribution in [1.82, 2.24) is 14.8 Å². The second-order valence-corrected chi connectivity index (χ2v) is 7.85. The van der Waals surface area contributed by atoms with Crippen LogP contribution in [-0.2, 0) is 0 Å². The summed E-state index contributed by atoms with van der Waals surface area (Å²) in [6.07, 6.45) is 0. The van der Waals surface area contributed by atoms with Crippen LogP contribution in [-0.4, -0.2) is 27.3 Å². The summed E-state index contributed by atoms with van der Waals surface area (Å²) in [5, 5.41) is 8.44. The molecule has 5 aromatic rings. The number of rotatable bonds is 5. The van der Waals surface area contributed by atoms with Gasteiger partial charge in [0.15, 0.2) is 17.1 Å². The van der Waals surface area contributed by atoms with E-state index in [9.17, 15) is 9.18 Å². The van der Waals surface area contributed by atoms with E-state index in [1.807, 2.05) is 19.1 Å². The van der Waals surface area contributed by atoms with E-state index in [0.29, 0.717) is 39.3 Å². The molecule has 9 heteroatoms. The lowest BCUT2D eigenvalue weighted by Crippen LogP contribution is -2.14. The number of aromatic nitrogens is 3. The van der Waals surface area contributed by atoms with Crippen molar-refractivity contribution in [3.63, 3.8) is 0 Å². The maximum atomic E-state index is 14.1. The van der Waals surface area contributed by atoms with Crippen LogP contribution in [0.3, 0.4) is 0 Å². The van der Waals surface area contributed by atoms with Crippen molar-refractivity contribution in [1.29, 1.82) is 0 Å². The molecule has 0 aliphatic heterocycles. The zero-order valence-corrected chi connectivity index (χ0v) is 17.5. The molecule has 5 rings (SSSR count). The Balaban J connectivity index is 1.49. The van der Waals surface area contributed by atoms with Crippen LogP contribution in [0.15, 0.2) is 52.9 Å². The number of benzene rings is 2. The molecule has 0 unspecified atom stereocenters. The first-order valence-corrected chi connectivity index (χ1v) is 10.4. The molecule has 2 aromatic carbocycles. The molecule has 31 heavy (non-hydrogen) atoms. The number of nitrogens with zero attached hydrogens (tertiary/aromatic N) is 3. The average Bonchev–Trinajstić information content (AvgIpc) is 3.45. The number of hydrogen-bond donors (Lipinski definition) is 1. The van der Waals surface area contributed by atoms with Crippen molar-refractivity contribution in [3.05, 3.63) is 65.8 Å². The molecule has 0 spiro atoms. The van der Waals surface area contributed by atoms with Crippen molar-refractivity contribution in [3.8, 4) is 10.9 Å². The minimum absolute atomic E-state index is 0.142. The number of ether oxygens (including phenoxy) is 1. The SMILES string of the molecule is CCOc1cccc2cc(C(=O)Nc3cc(C)nn3-c3nc4c(F)cccc4s3)oc12.